The summed E-state index contributed by atoms with van der Waals surface area (Å²) in [5, 5.41) is 10.2. The number of hydrogen-bond donors (Lipinski definition) is 1. The van der Waals surface area contributed by atoms with Crippen molar-refractivity contribution in [3.63, 3.8) is 0 Å². The summed E-state index contributed by atoms with van der Waals surface area (Å²) in [4.78, 5) is 13.8. The standard InChI is InChI=1S/C20H14IN3O/c25-17-9-5-4-8-16(17)20-23-18(14-6-2-1-3-7-14)22-19(24-20)15-10-12-21-13-11-15/h1-13,25H. The quantitative estimate of drug-likeness (QED) is 0.607. The predicted molar refractivity (Wildman–Crippen MR) is 110 cm³/mol. The van der Waals surface area contributed by atoms with E-state index in [9.17, 15) is 5.11 Å². The third-order valence-electron chi connectivity index (χ3n) is 3.70. The van der Waals surface area contributed by atoms with Gasteiger partial charge >= 0.3 is 0 Å². The second-order valence-corrected chi connectivity index (χ2v) is 7.51. The Morgan fingerprint density at radius 3 is 2.24 bits per heavy atom. The first kappa shape index (κ1) is 15.8. The van der Waals surface area contributed by atoms with Crippen molar-refractivity contribution in [3.8, 4) is 28.5 Å². The molecule has 0 spiro atoms. The van der Waals surface area contributed by atoms with Gasteiger partial charge in [0, 0.05) is 11.1 Å². The van der Waals surface area contributed by atoms with Crippen molar-refractivity contribution in [2.24, 2.45) is 0 Å². The molecule has 5 heteroatoms. The molecule has 0 unspecified atom stereocenters. The van der Waals surface area contributed by atoms with Gasteiger partial charge in [0.05, 0.1) is 5.56 Å². The lowest BCUT2D eigenvalue weighted by Gasteiger charge is -2.10. The van der Waals surface area contributed by atoms with Crippen molar-refractivity contribution in [2.45, 2.75) is 0 Å². The van der Waals surface area contributed by atoms with E-state index in [1.807, 2.05) is 42.5 Å². The maximum absolute atomic E-state index is 10.2. The van der Waals surface area contributed by atoms with E-state index in [2.05, 4.69) is 35.2 Å². The third-order valence-corrected chi connectivity index (χ3v) is 5.25. The third kappa shape index (κ3) is 3.41. The molecule has 0 atom stereocenters. The zero-order valence-electron chi connectivity index (χ0n) is 13.2. The van der Waals surface area contributed by atoms with Crippen LogP contribution >= 0.6 is 20.7 Å². The molecule has 4 rings (SSSR count). The number of phenols is 1. The number of allylic oxidation sites excluding steroid dienone is 3. The van der Waals surface area contributed by atoms with Gasteiger partial charge in [-0.2, -0.15) is 0 Å². The summed E-state index contributed by atoms with van der Waals surface area (Å²) >= 11 is -0.00772. The molecule has 3 aromatic rings. The minimum absolute atomic E-state index is 0.00772. The van der Waals surface area contributed by atoms with Crippen LogP contribution < -0.4 is 0 Å². The summed E-state index contributed by atoms with van der Waals surface area (Å²) in [5.74, 6) is 1.84. The molecule has 0 saturated carbocycles. The molecule has 0 aliphatic carbocycles. The molecule has 1 N–H and O–H groups in total. The maximum Gasteiger partial charge on any atom is 0.167 e. The number of aromatic nitrogens is 3. The number of para-hydroxylation sites is 1. The first-order chi connectivity index (χ1) is 12.3. The number of hydrogen-bond acceptors (Lipinski definition) is 4. The van der Waals surface area contributed by atoms with E-state index in [1.54, 1.807) is 12.1 Å². The first-order valence-corrected chi connectivity index (χ1v) is 10.2. The Bertz CT molecular complexity index is 1010. The Hall–Kier alpha value is -2.67. The van der Waals surface area contributed by atoms with Crippen LogP contribution in [0, 0.1) is 0 Å². The molecule has 1 aromatic heterocycles. The molecule has 2 heterocycles. The van der Waals surface area contributed by atoms with Crippen LogP contribution in [0.1, 0.15) is 5.82 Å². The molecule has 2 aromatic carbocycles. The lowest BCUT2D eigenvalue weighted by atomic mass is 10.1. The van der Waals surface area contributed by atoms with Gasteiger partial charge in [0.1, 0.15) is 5.75 Å². The van der Waals surface area contributed by atoms with Crippen LogP contribution in [0.5, 0.6) is 5.75 Å². The Morgan fingerprint density at radius 2 is 1.48 bits per heavy atom. The average molecular weight is 439 g/mol. The summed E-state index contributed by atoms with van der Waals surface area (Å²) in [6.07, 6.45) is 4.12. The minimum Gasteiger partial charge on any atom is -0.507 e. The van der Waals surface area contributed by atoms with Gasteiger partial charge in [0.2, 0.25) is 0 Å². The average Bonchev–Trinajstić information content (AvgIpc) is 2.69. The fourth-order valence-corrected chi connectivity index (χ4v) is 3.89. The molecule has 0 fully saturated rings. The van der Waals surface area contributed by atoms with Crippen molar-refractivity contribution in [3.05, 3.63) is 76.7 Å². The molecule has 0 radical (unpaired) electrons. The van der Waals surface area contributed by atoms with E-state index in [0.717, 1.165) is 11.1 Å². The van der Waals surface area contributed by atoms with Crippen LogP contribution in [0.15, 0.2) is 70.8 Å². The molecular weight excluding hydrogens is 425 g/mol. The summed E-state index contributed by atoms with van der Waals surface area (Å²) in [6.45, 7) is 0. The van der Waals surface area contributed by atoms with E-state index in [4.69, 9.17) is 0 Å². The Kier molecular flexibility index (Phi) is 4.47. The summed E-state index contributed by atoms with van der Waals surface area (Å²) in [6, 6.07) is 16.9. The second kappa shape index (κ2) is 7.06. The van der Waals surface area contributed by atoms with Crippen LogP contribution in [0.4, 0.5) is 0 Å². The van der Waals surface area contributed by atoms with Crippen LogP contribution in [0.25, 0.3) is 28.3 Å². The number of halogens is 1. The van der Waals surface area contributed by atoms with Gasteiger partial charge in [-0.05, 0) is 32.4 Å². The molecule has 0 bridgehead atoms. The zero-order chi connectivity index (χ0) is 17.1. The highest BCUT2D eigenvalue weighted by atomic mass is 127. The molecule has 1 aliphatic heterocycles. The number of rotatable bonds is 3. The van der Waals surface area contributed by atoms with Crippen LogP contribution in [0.3, 0.4) is 0 Å². The highest BCUT2D eigenvalue weighted by molar-refractivity contribution is 14.2. The first-order valence-electron chi connectivity index (χ1n) is 7.73. The van der Waals surface area contributed by atoms with E-state index in [0.29, 0.717) is 23.0 Å². The van der Waals surface area contributed by atoms with E-state index in [-0.39, 0.29) is 26.5 Å². The Labute approximate surface area is 155 Å². The normalized spacial score (nSPS) is 13.2. The van der Waals surface area contributed by atoms with Crippen molar-refractivity contribution in [1.29, 1.82) is 0 Å². The SMILES string of the molecule is Oc1ccccc1-c1nc(C2=CC=IC=C2)nc(-c2ccccc2)n1. The van der Waals surface area contributed by atoms with Gasteiger partial charge in [-0.25, -0.2) is 15.0 Å². The molecule has 25 heavy (non-hydrogen) atoms. The zero-order valence-corrected chi connectivity index (χ0v) is 15.3. The van der Waals surface area contributed by atoms with E-state index < -0.39 is 0 Å². The molecule has 1 aliphatic rings. The Morgan fingerprint density at radius 1 is 0.760 bits per heavy atom. The van der Waals surface area contributed by atoms with Crippen LogP contribution in [0.2, 0.25) is 0 Å². The summed E-state index contributed by atoms with van der Waals surface area (Å²) < 4.78 is 4.36. The number of aromatic hydroxyl groups is 1. The largest absolute Gasteiger partial charge is 0.507 e. The maximum atomic E-state index is 10.2. The van der Waals surface area contributed by atoms with Gasteiger partial charge in [-0.3, -0.25) is 0 Å². The van der Waals surface area contributed by atoms with Crippen molar-refractivity contribution in [2.75, 3.05) is 0 Å². The van der Waals surface area contributed by atoms with Gasteiger partial charge in [-0.1, -0.05) is 63.2 Å². The van der Waals surface area contributed by atoms with Gasteiger partial charge < -0.3 is 5.11 Å². The smallest absolute Gasteiger partial charge is 0.167 e. The van der Waals surface area contributed by atoms with Gasteiger partial charge in [-0.15, -0.1) is 0 Å². The molecule has 0 saturated heterocycles. The monoisotopic (exact) mass is 439 g/mol. The number of phenolic OH excluding ortho intramolecular Hbond substituents is 1. The lowest BCUT2D eigenvalue weighted by molar-refractivity contribution is 0.477. The molecular formula is C20H14IN3O. The highest BCUT2D eigenvalue weighted by Crippen LogP contribution is 2.29. The second-order valence-electron chi connectivity index (χ2n) is 5.36. The fraction of sp³-hybridized carbons (Fsp3) is 0. The molecule has 122 valence electrons. The molecule has 0 amide bonds. The highest BCUT2D eigenvalue weighted by Gasteiger charge is 2.14. The van der Waals surface area contributed by atoms with Gasteiger partial charge in [0.15, 0.2) is 17.5 Å². The van der Waals surface area contributed by atoms with E-state index >= 15 is 0 Å². The Balaban J connectivity index is 1.92. The minimum atomic E-state index is -0.00772. The summed E-state index contributed by atoms with van der Waals surface area (Å²) in [5.41, 5.74) is 2.47. The summed E-state index contributed by atoms with van der Waals surface area (Å²) in [7, 11) is 0. The molecule has 4 nitrogen and oxygen atoms in total. The fourth-order valence-electron chi connectivity index (χ4n) is 2.46. The van der Waals surface area contributed by atoms with Crippen LogP contribution in [-0.2, 0) is 0 Å². The van der Waals surface area contributed by atoms with Crippen molar-refractivity contribution in [1.82, 2.24) is 15.0 Å². The number of nitrogens with zero attached hydrogens (tertiary/aromatic N) is 3. The lowest BCUT2D eigenvalue weighted by Crippen LogP contribution is -2.02. The topological polar surface area (TPSA) is 58.9 Å². The van der Waals surface area contributed by atoms with Crippen molar-refractivity contribution >= 4 is 30.3 Å². The van der Waals surface area contributed by atoms with E-state index in [1.165, 1.54) is 0 Å². The van der Waals surface area contributed by atoms with Crippen molar-refractivity contribution < 1.29 is 5.11 Å². The number of benzene rings is 2. The van der Waals surface area contributed by atoms with Crippen LogP contribution in [-0.4, -0.2) is 24.1 Å². The van der Waals surface area contributed by atoms with Gasteiger partial charge in [0.25, 0.3) is 0 Å². The predicted octanol–water partition coefficient (Wildman–Crippen LogP) is 4.59.